The Kier molecular flexibility index (Phi) is 3.72. The van der Waals surface area contributed by atoms with Crippen molar-refractivity contribution in [3.8, 4) is 5.75 Å². The molecule has 0 radical (unpaired) electrons. The summed E-state index contributed by atoms with van der Waals surface area (Å²) in [5.41, 5.74) is -0.196. The van der Waals surface area contributed by atoms with Gasteiger partial charge in [-0.05, 0) is 25.5 Å². The smallest absolute Gasteiger partial charge is 0.387 e. The lowest BCUT2D eigenvalue weighted by atomic mass is 10.0. The molecular formula is C10H9F2NO4. The number of alkyl halides is 2. The van der Waals surface area contributed by atoms with E-state index in [1.165, 1.54) is 13.8 Å². The number of nitro groups is 1. The summed E-state index contributed by atoms with van der Waals surface area (Å²) in [5, 5.41) is 10.7. The topological polar surface area (TPSA) is 69.4 Å². The fourth-order valence-electron chi connectivity index (χ4n) is 1.38. The molecule has 0 aliphatic carbocycles. The van der Waals surface area contributed by atoms with Gasteiger partial charge in [0.25, 0.3) is 0 Å². The lowest BCUT2D eigenvalue weighted by Crippen LogP contribution is -2.07. The normalized spacial score (nSPS) is 10.4. The first-order chi connectivity index (χ1) is 7.82. The van der Waals surface area contributed by atoms with E-state index in [1.807, 2.05) is 0 Å². The molecule has 0 N–H and O–H groups in total. The summed E-state index contributed by atoms with van der Waals surface area (Å²) < 4.78 is 28.1. The first-order valence-corrected chi connectivity index (χ1v) is 4.57. The SMILES string of the molecule is CC(=O)c1cc([N+](=O)[O-])c(OC(F)F)cc1C. The van der Waals surface area contributed by atoms with E-state index >= 15 is 0 Å². The van der Waals surface area contributed by atoms with Gasteiger partial charge >= 0.3 is 12.3 Å². The first kappa shape index (κ1) is 13.0. The Labute approximate surface area is 95.2 Å². The van der Waals surface area contributed by atoms with Gasteiger partial charge < -0.3 is 4.74 Å². The third-order valence-corrected chi connectivity index (χ3v) is 2.10. The van der Waals surface area contributed by atoms with Gasteiger partial charge in [0.1, 0.15) is 0 Å². The molecule has 7 heteroatoms. The summed E-state index contributed by atoms with van der Waals surface area (Å²) in [6, 6.07) is 2.00. The maximum absolute atomic E-state index is 12.0. The van der Waals surface area contributed by atoms with Crippen molar-refractivity contribution in [3.63, 3.8) is 0 Å². The van der Waals surface area contributed by atoms with Gasteiger partial charge in [-0.25, -0.2) is 0 Å². The molecule has 1 aromatic carbocycles. The first-order valence-electron chi connectivity index (χ1n) is 4.57. The van der Waals surface area contributed by atoms with Crippen LogP contribution in [0.3, 0.4) is 0 Å². The highest BCUT2D eigenvalue weighted by Gasteiger charge is 2.22. The van der Waals surface area contributed by atoms with Crippen molar-refractivity contribution in [2.75, 3.05) is 0 Å². The molecule has 1 aromatic rings. The molecule has 0 heterocycles. The predicted molar refractivity (Wildman–Crippen MR) is 54.5 cm³/mol. The minimum atomic E-state index is -3.16. The van der Waals surface area contributed by atoms with Crippen molar-refractivity contribution in [3.05, 3.63) is 33.4 Å². The van der Waals surface area contributed by atoms with Gasteiger partial charge in [-0.1, -0.05) is 0 Å². The highest BCUT2D eigenvalue weighted by molar-refractivity contribution is 5.96. The van der Waals surface area contributed by atoms with Crippen LogP contribution in [0.15, 0.2) is 12.1 Å². The summed E-state index contributed by atoms with van der Waals surface area (Å²) in [6.07, 6.45) is 0. The van der Waals surface area contributed by atoms with E-state index in [-0.39, 0.29) is 11.3 Å². The molecule has 0 saturated heterocycles. The van der Waals surface area contributed by atoms with Crippen molar-refractivity contribution in [1.29, 1.82) is 0 Å². The van der Waals surface area contributed by atoms with Gasteiger partial charge in [0.05, 0.1) is 4.92 Å². The van der Waals surface area contributed by atoms with Gasteiger partial charge in [-0.15, -0.1) is 0 Å². The fourth-order valence-corrected chi connectivity index (χ4v) is 1.38. The van der Waals surface area contributed by atoms with E-state index < -0.39 is 23.0 Å². The largest absolute Gasteiger partial charge is 0.427 e. The standard InChI is InChI=1S/C10H9F2NO4/c1-5-3-9(17-10(11)12)8(13(15)16)4-7(5)6(2)14/h3-4,10H,1-2H3. The molecule has 17 heavy (non-hydrogen) atoms. The van der Waals surface area contributed by atoms with Crippen LogP contribution in [-0.2, 0) is 0 Å². The zero-order valence-electron chi connectivity index (χ0n) is 9.07. The molecule has 0 amide bonds. The number of halogens is 2. The van der Waals surface area contributed by atoms with Crippen LogP contribution in [0.25, 0.3) is 0 Å². The Balaban J connectivity index is 3.35. The Morgan fingerprint density at radius 1 is 1.47 bits per heavy atom. The molecule has 0 aliphatic rings. The molecule has 0 fully saturated rings. The second kappa shape index (κ2) is 4.86. The lowest BCUT2D eigenvalue weighted by molar-refractivity contribution is -0.386. The van der Waals surface area contributed by atoms with Crippen molar-refractivity contribution in [2.45, 2.75) is 20.5 Å². The molecule has 0 aliphatic heterocycles. The van der Waals surface area contributed by atoms with E-state index in [0.717, 1.165) is 12.1 Å². The number of nitrogens with zero attached hydrogens (tertiary/aromatic N) is 1. The number of Topliss-reactive ketones (excluding diaryl/α,β-unsaturated/α-hetero) is 1. The zero-order valence-corrected chi connectivity index (χ0v) is 9.07. The molecule has 0 bridgehead atoms. The maximum Gasteiger partial charge on any atom is 0.387 e. The number of carbonyl (C=O) groups is 1. The number of benzene rings is 1. The van der Waals surface area contributed by atoms with Crippen molar-refractivity contribution < 1.29 is 23.2 Å². The van der Waals surface area contributed by atoms with Crippen molar-refractivity contribution in [1.82, 2.24) is 0 Å². The predicted octanol–water partition coefficient (Wildman–Crippen LogP) is 2.71. The Morgan fingerprint density at radius 2 is 2.06 bits per heavy atom. The van der Waals surface area contributed by atoms with E-state index in [0.29, 0.717) is 5.56 Å². The van der Waals surface area contributed by atoms with E-state index in [9.17, 15) is 23.7 Å². The van der Waals surface area contributed by atoms with Crippen LogP contribution in [0.5, 0.6) is 5.75 Å². The quantitative estimate of drug-likeness (QED) is 0.464. The molecular weight excluding hydrogens is 236 g/mol. The molecule has 92 valence electrons. The Hall–Kier alpha value is -2.05. The number of ether oxygens (including phenoxy) is 1. The van der Waals surface area contributed by atoms with Crippen LogP contribution in [0.2, 0.25) is 0 Å². The molecule has 0 spiro atoms. The number of nitro benzene ring substituents is 1. The maximum atomic E-state index is 12.0. The number of carbonyl (C=O) groups excluding carboxylic acids is 1. The Bertz CT molecular complexity index is 474. The third kappa shape index (κ3) is 2.96. The summed E-state index contributed by atoms with van der Waals surface area (Å²) in [6.45, 7) is -0.435. The second-order valence-corrected chi connectivity index (χ2v) is 3.33. The molecule has 0 atom stereocenters. The van der Waals surface area contributed by atoms with E-state index in [2.05, 4.69) is 4.74 Å². The number of aryl methyl sites for hydroxylation is 1. The average molecular weight is 245 g/mol. The minimum absolute atomic E-state index is 0.110. The van der Waals surface area contributed by atoms with Crippen molar-refractivity contribution in [2.24, 2.45) is 0 Å². The molecule has 0 aromatic heterocycles. The number of hydrogen-bond acceptors (Lipinski definition) is 4. The molecule has 5 nitrogen and oxygen atoms in total. The summed E-state index contributed by atoms with van der Waals surface area (Å²) in [7, 11) is 0. The number of rotatable bonds is 4. The van der Waals surface area contributed by atoms with Gasteiger partial charge in [-0.3, -0.25) is 14.9 Å². The van der Waals surface area contributed by atoms with Crippen molar-refractivity contribution >= 4 is 11.5 Å². The van der Waals surface area contributed by atoms with E-state index in [4.69, 9.17) is 0 Å². The molecule has 0 unspecified atom stereocenters. The minimum Gasteiger partial charge on any atom is -0.427 e. The highest BCUT2D eigenvalue weighted by Crippen LogP contribution is 2.31. The average Bonchev–Trinajstić information content (AvgIpc) is 2.15. The van der Waals surface area contributed by atoms with Gasteiger partial charge in [-0.2, -0.15) is 8.78 Å². The van der Waals surface area contributed by atoms with Gasteiger partial charge in [0, 0.05) is 11.6 Å². The Morgan fingerprint density at radius 3 is 2.47 bits per heavy atom. The fraction of sp³-hybridized carbons (Fsp3) is 0.300. The number of ketones is 1. The number of hydrogen-bond donors (Lipinski definition) is 0. The van der Waals surface area contributed by atoms with Gasteiger partial charge in [0.2, 0.25) is 5.75 Å². The molecule has 0 saturated carbocycles. The molecule has 1 rings (SSSR count). The summed E-state index contributed by atoms with van der Waals surface area (Å²) >= 11 is 0. The third-order valence-electron chi connectivity index (χ3n) is 2.10. The van der Waals surface area contributed by atoms with Crippen LogP contribution in [-0.4, -0.2) is 17.3 Å². The van der Waals surface area contributed by atoms with Crippen LogP contribution in [0, 0.1) is 17.0 Å². The summed E-state index contributed by atoms with van der Waals surface area (Å²) in [5.74, 6) is -0.929. The van der Waals surface area contributed by atoms with E-state index in [1.54, 1.807) is 0 Å². The van der Waals surface area contributed by atoms with Crippen LogP contribution < -0.4 is 4.74 Å². The lowest BCUT2D eigenvalue weighted by Gasteiger charge is -2.08. The van der Waals surface area contributed by atoms with Crippen LogP contribution >= 0.6 is 0 Å². The van der Waals surface area contributed by atoms with Gasteiger partial charge in [0.15, 0.2) is 5.78 Å². The highest BCUT2D eigenvalue weighted by atomic mass is 19.3. The van der Waals surface area contributed by atoms with Crippen LogP contribution in [0.4, 0.5) is 14.5 Å². The monoisotopic (exact) mass is 245 g/mol. The second-order valence-electron chi connectivity index (χ2n) is 3.33. The zero-order chi connectivity index (χ0) is 13.2. The summed E-state index contributed by atoms with van der Waals surface area (Å²) in [4.78, 5) is 21.0. The van der Waals surface area contributed by atoms with Crippen LogP contribution in [0.1, 0.15) is 22.8 Å².